The molecule has 10 heteroatoms. The molecule has 39 heavy (non-hydrogen) atoms. The number of carbonyl (C=O) groups is 2. The molecule has 0 heterocycles. The van der Waals surface area contributed by atoms with Gasteiger partial charge >= 0.3 is 0 Å². The van der Waals surface area contributed by atoms with Crippen molar-refractivity contribution in [1.82, 2.24) is 10.2 Å². The van der Waals surface area contributed by atoms with Gasteiger partial charge in [-0.15, -0.1) is 0 Å². The van der Waals surface area contributed by atoms with Gasteiger partial charge in [0, 0.05) is 29.6 Å². The Morgan fingerprint density at radius 3 is 2.21 bits per heavy atom. The Morgan fingerprint density at radius 2 is 1.62 bits per heavy atom. The van der Waals surface area contributed by atoms with E-state index in [4.69, 9.17) is 23.2 Å². The molecule has 3 rings (SSSR count). The minimum atomic E-state index is -3.86. The van der Waals surface area contributed by atoms with Crippen LogP contribution in [-0.2, 0) is 32.6 Å². The van der Waals surface area contributed by atoms with Crippen molar-refractivity contribution in [3.63, 3.8) is 0 Å². The third-order valence-electron chi connectivity index (χ3n) is 6.21. The fraction of sp³-hybridized carbons (Fsp3) is 0.310. The summed E-state index contributed by atoms with van der Waals surface area (Å²) in [5.74, 6) is -0.841. The number of benzene rings is 3. The van der Waals surface area contributed by atoms with Crippen molar-refractivity contribution in [3.05, 3.63) is 99.5 Å². The third-order valence-corrected chi connectivity index (χ3v) is 8.01. The fourth-order valence-electron chi connectivity index (χ4n) is 4.06. The number of nitrogens with zero attached hydrogens (tertiary/aromatic N) is 2. The molecule has 0 saturated heterocycles. The van der Waals surface area contributed by atoms with Crippen molar-refractivity contribution < 1.29 is 18.0 Å². The van der Waals surface area contributed by atoms with Gasteiger partial charge in [-0.1, -0.05) is 78.7 Å². The number of nitrogens with one attached hydrogen (secondary N) is 1. The minimum absolute atomic E-state index is 0.0826. The van der Waals surface area contributed by atoms with Crippen molar-refractivity contribution >= 4 is 50.7 Å². The maximum absolute atomic E-state index is 14.0. The van der Waals surface area contributed by atoms with E-state index < -0.39 is 28.5 Å². The zero-order chi connectivity index (χ0) is 28.6. The molecule has 0 spiro atoms. The fourth-order valence-corrected chi connectivity index (χ4v) is 5.20. The topological polar surface area (TPSA) is 86.8 Å². The van der Waals surface area contributed by atoms with Crippen LogP contribution >= 0.6 is 23.2 Å². The predicted octanol–water partition coefficient (Wildman–Crippen LogP) is 5.23. The van der Waals surface area contributed by atoms with E-state index in [1.165, 1.54) is 11.0 Å². The van der Waals surface area contributed by atoms with Crippen molar-refractivity contribution in [1.29, 1.82) is 0 Å². The zero-order valence-corrected chi connectivity index (χ0v) is 24.6. The van der Waals surface area contributed by atoms with Crippen LogP contribution in [0.25, 0.3) is 0 Å². The molecule has 0 aliphatic heterocycles. The SMILES string of the molecule is CCCNC(=O)[C@H](Cc1ccccc1)N(Cc1ccc(Cl)cc1)C(=O)CN(c1ccc(C)c(Cl)c1)S(C)(=O)=O. The molecule has 3 aromatic carbocycles. The number of aryl methyl sites for hydroxylation is 1. The number of rotatable bonds is 12. The van der Waals surface area contributed by atoms with Gasteiger partial charge in [-0.3, -0.25) is 13.9 Å². The molecule has 3 aromatic rings. The highest BCUT2D eigenvalue weighted by molar-refractivity contribution is 7.92. The molecule has 2 amide bonds. The first-order valence-electron chi connectivity index (χ1n) is 12.6. The van der Waals surface area contributed by atoms with Crippen LogP contribution in [0.5, 0.6) is 0 Å². The average molecular weight is 591 g/mol. The van der Waals surface area contributed by atoms with E-state index in [-0.39, 0.29) is 24.6 Å². The van der Waals surface area contributed by atoms with Gasteiger partial charge in [-0.25, -0.2) is 8.42 Å². The summed E-state index contributed by atoms with van der Waals surface area (Å²) in [5, 5.41) is 3.83. The molecule has 1 atom stereocenters. The lowest BCUT2D eigenvalue weighted by atomic mass is 10.0. The van der Waals surface area contributed by atoms with E-state index in [2.05, 4.69) is 5.32 Å². The predicted molar refractivity (Wildman–Crippen MR) is 158 cm³/mol. The summed E-state index contributed by atoms with van der Waals surface area (Å²) in [4.78, 5) is 28.9. The highest BCUT2D eigenvalue weighted by Gasteiger charge is 2.33. The van der Waals surface area contributed by atoms with E-state index in [1.54, 1.807) is 43.3 Å². The molecule has 0 fully saturated rings. The number of carbonyl (C=O) groups excluding carboxylic acids is 2. The van der Waals surface area contributed by atoms with Crippen LogP contribution in [-0.4, -0.2) is 50.5 Å². The van der Waals surface area contributed by atoms with Crippen molar-refractivity contribution in [2.75, 3.05) is 23.7 Å². The number of hydrogen-bond donors (Lipinski definition) is 1. The van der Waals surface area contributed by atoms with Gasteiger partial charge < -0.3 is 10.2 Å². The Bertz CT molecular complexity index is 1380. The number of hydrogen-bond acceptors (Lipinski definition) is 4. The van der Waals surface area contributed by atoms with Gasteiger partial charge in [-0.05, 0) is 54.3 Å². The quantitative estimate of drug-likeness (QED) is 0.313. The van der Waals surface area contributed by atoms with Crippen LogP contribution in [0.4, 0.5) is 5.69 Å². The van der Waals surface area contributed by atoms with E-state index in [1.807, 2.05) is 37.3 Å². The summed E-state index contributed by atoms with van der Waals surface area (Å²) < 4.78 is 26.7. The van der Waals surface area contributed by atoms with Crippen molar-refractivity contribution in [2.45, 2.75) is 39.3 Å². The molecule has 0 aromatic heterocycles. The van der Waals surface area contributed by atoms with E-state index in [0.717, 1.165) is 33.7 Å². The lowest BCUT2D eigenvalue weighted by molar-refractivity contribution is -0.140. The van der Waals surface area contributed by atoms with Gasteiger partial charge in [0.2, 0.25) is 21.8 Å². The van der Waals surface area contributed by atoms with E-state index >= 15 is 0 Å². The van der Waals surface area contributed by atoms with Gasteiger partial charge in [0.15, 0.2) is 0 Å². The average Bonchev–Trinajstić information content (AvgIpc) is 2.90. The van der Waals surface area contributed by atoms with Crippen LogP contribution in [0.1, 0.15) is 30.0 Å². The molecule has 0 aliphatic carbocycles. The van der Waals surface area contributed by atoms with Gasteiger partial charge in [-0.2, -0.15) is 0 Å². The van der Waals surface area contributed by atoms with Gasteiger partial charge in [0.25, 0.3) is 0 Å². The second-order valence-corrected chi connectivity index (χ2v) is 12.1. The highest BCUT2D eigenvalue weighted by atomic mass is 35.5. The zero-order valence-electron chi connectivity index (χ0n) is 22.2. The molecule has 0 unspecified atom stereocenters. The lowest BCUT2D eigenvalue weighted by Crippen LogP contribution is -2.53. The van der Waals surface area contributed by atoms with Crippen LogP contribution in [0.3, 0.4) is 0 Å². The molecular weight excluding hydrogens is 557 g/mol. The van der Waals surface area contributed by atoms with Gasteiger partial charge in [0.1, 0.15) is 12.6 Å². The van der Waals surface area contributed by atoms with Crippen molar-refractivity contribution in [3.8, 4) is 0 Å². The molecule has 208 valence electrons. The Balaban J connectivity index is 2.04. The van der Waals surface area contributed by atoms with Crippen LogP contribution < -0.4 is 9.62 Å². The van der Waals surface area contributed by atoms with E-state index in [9.17, 15) is 18.0 Å². The number of amides is 2. The molecular formula is C29H33Cl2N3O4S. The number of halogens is 2. The van der Waals surface area contributed by atoms with Crippen LogP contribution in [0, 0.1) is 6.92 Å². The Labute approximate surface area is 240 Å². The third kappa shape index (κ3) is 8.71. The molecule has 7 nitrogen and oxygen atoms in total. The molecule has 0 saturated carbocycles. The maximum Gasteiger partial charge on any atom is 0.244 e. The second kappa shape index (κ2) is 13.8. The Kier molecular flexibility index (Phi) is 10.8. The Morgan fingerprint density at radius 1 is 0.949 bits per heavy atom. The minimum Gasteiger partial charge on any atom is -0.354 e. The first kappa shape index (κ1) is 30.5. The summed E-state index contributed by atoms with van der Waals surface area (Å²) in [5.41, 5.74) is 2.66. The molecule has 0 aliphatic rings. The second-order valence-electron chi connectivity index (χ2n) is 9.35. The maximum atomic E-state index is 14.0. The number of anilines is 1. The molecule has 1 N–H and O–H groups in total. The van der Waals surface area contributed by atoms with Crippen molar-refractivity contribution in [2.24, 2.45) is 0 Å². The summed E-state index contributed by atoms with van der Waals surface area (Å²) >= 11 is 12.3. The summed E-state index contributed by atoms with van der Waals surface area (Å²) in [6.07, 6.45) is 2.02. The van der Waals surface area contributed by atoms with Crippen LogP contribution in [0.15, 0.2) is 72.8 Å². The van der Waals surface area contributed by atoms with E-state index in [0.29, 0.717) is 16.6 Å². The Hall–Kier alpha value is -3.07. The van der Waals surface area contributed by atoms with Gasteiger partial charge in [0.05, 0.1) is 11.9 Å². The standard InChI is InChI=1S/C29H33Cl2N3O4S/c1-4-16-32-29(36)27(17-22-8-6-5-7-9-22)33(19-23-11-13-24(30)14-12-23)28(35)20-34(39(3,37)38)25-15-10-21(2)26(31)18-25/h5-15,18,27H,4,16-17,19-20H2,1-3H3,(H,32,36)/t27-/m0/s1. The highest BCUT2D eigenvalue weighted by Crippen LogP contribution is 2.26. The summed E-state index contributed by atoms with van der Waals surface area (Å²) in [6, 6.07) is 20.3. The first-order valence-corrected chi connectivity index (χ1v) is 15.2. The summed E-state index contributed by atoms with van der Waals surface area (Å²) in [6.45, 7) is 3.78. The first-order chi connectivity index (χ1) is 18.5. The van der Waals surface area contributed by atoms with Crippen LogP contribution in [0.2, 0.25) is 10.0 Å². The summed E-state index contributed by atoms with van der Waals surface area (Å²) in [7, 11) is -3.86. The lowest BCUT2D eigenvalue weighted by Gasteiger charge is -2.33. The molecule has 0 bridgehead atoms. The normalized spacial score (nSPS) is 12.0. The molecule has 0 radical (unpaired) electrons. The monoisotopic (exact) mass is 589 g/mol. The number of sulfonamides is 1. The largest absolute Gasteiger partial charge is 0.354 e. The smallest absolute Gasteiger partial charge is 0.244 e.